The minimum atomic E-state index is -0.432. The van der Waals surface area contributed by atoms with Crippen LogP contribution < -0.4 is 0 Å². The highest BCUT2D eigenvalue weighted by molar-refractivity contribution is 6.17. The number of hydrogen-bond acceptors (Lipinski definition) is 5. The zero-order chi connectivity index (χ0) is 16.1. The molecule has 2 aromatic rings. The van der Waals surface area contributed by atoms with Crippen molar-refractivity contribution in [1.29, 1.82) is 0 Å². The summed E-state index contributed by atoms with van der Waals surface area (Å²) in [5.74, 6) is -0.270. The number of rotatable bonds is 5. The predicted octanol–water partition coefficient (Wildman–Crippen LogP) is 4.37. The van der Waals surface area contributed by atoms with Gasteiger partial charge in [0.05, 0.1) is 23.6 Å². The van der Waals surface area contributed by atoms with E-state index < -0.39 is 5.97 Å². The number of nitroso groups, excluding NO2 is 1. The lowest BCUT2D eigenvalue weighted by molar-refractivity contribution is 0.0524. The highest BCUT2D eigenvalue weighted by Gasteiger charge is 2.18. The summed E-state index contributed by atoms with van der Waals surface area (Å²) in [5.41, 5.74) is 3.26. The van der Waals surface area contributed by atoms with Crippen LogP contribution in [-0.2, 0) is 10.6 Å². The fourth-order valence-electron chi connectivity index (χ4n) is 2.20. The van der Waals surface area contributed by atoms with E-state index in [0.717, 1.165) is 5.56 Å². The summed E-state index contributed by atoms with van der Waals surface area (Å²) in [6, 6.07) is 8.52. The van der Waals surface area contributed by atoms with Gasteiger partial charge in [-0.1, -0.05) is 12.1 Å². The average Bonchev–Trinajstić information content (AvgIpc) is 2.54. The number of nitrogens with zero attached hydrogens (tertiary/aromatic N) is 2. The first-order valence-electron chi connectivity index (χ1n) is 6.78. The zero-order valence-electron chi connectivity index (χ0n) is 12.3. The second-order valence-corrected chi connectivity index (χ2v) is 4.89. The summed E-state index contributed by atoms with van der Waals surface area (Å²) in [7, 11) is 0. The number of hydrogen-bond donors (Lipinski definition) is 0. The van der Waals surface area contributed by atoms with Gasteiger partial charge in [0.2, 0.25) is 0 Å². The molecule has 22 heavy (non-hydrogen) atoms. The van der Waals surface area contributed by atoms with Crippen molar-refractivity contribution in [3.8, 4) is 11.3 Å². The molecule has 0 spiro atoms. The van der Waals surface area contributed by atoms with Gasteiger partial charge in [-0.3, -0.25) is 4.98 Å². The monoisotopic (exact) mass is 318 g/mol. The zero-order valence-corrected chi connectivity index (χ0v) is 13.1. The Morgan fingerprint density at radius 2 is 2.14 bits per heavy atom. The molecule has 0 aliphatic rings. The molecule has 1 heterocycles. The topological polar surface area (TPSA) is 68.6 Å². The fourth-order valence-corrected chi connectivity index (χ4v) is 2.41. The Morgan fingerprint density at radius 1 is 1.36 bits per heavy atom. The first-order valence-corrected chi connectivity index (χ1v) is 7.31. The number of benzene rings is 1. The number of carbonyl (C=O) groups is 1. The van der Waals surface area contributed by atoms with Gasteiger partial charge in [0, 0.05) is 11.4 Å². The van der Waals surface area contributed by atoms with Gasteiger partial charge in [0.25, 0.3) is 0 Å². The highest BCUT2D eigenvalue weighted by Crippen LogP contribution is 2.27. The van der Waals surface area contributed by atoms with E-state index in [0.29, 0.717) is 28.2 Å². The SMILES string of the molecule is CCOC(=O)c1c(CCl)cc(-c2cccc(N=O)c2)nc1C. The third-order valence-electron chi connectivity index (χ3n) is 3.15. The van der Waals surface area contributed by atoms with E-state index in [1.807, 2.05) is 6.07 Å². The molecule has 0 N–H and O–H groups in total. The van der Waals surface area contributed by atoms with Gasteiger partial charge in [0.15, 0.2) is 0 Å². The summed E-state index contributed by atoms with van der Waals surface area (Å²) in [6.45, 7) is 3.76. The van der Waals surface area contributed by atoms with Crippen molar-refractivity contribution >= 4 is 23.3 Å². The third-order valence-corrected chi connectivity index (χ3v) is 3.44. The molecule has 0 saturated carbocycles. The molecule has 2 rings (SSSR count). The van der Waals surface area contributed by atoms with Crippen LogP contribution in [-0.4, -0.2) is 17.6 Å². The summed E-state index contributed by atoms with van der Waals surface area (Å²) in [4.78, 5) is 27.1. The summed E-state index contributed by atoms with van der Waals surface area (Å²) >= 11 is 5.96. The van der Waals surface area contributed by atoms with Gasteiger partial charge in [-0.15, -0.1) is 16.5 Å². The lowest BCUT2D eigenvalue weighted by atomic mass is 10.0. The smallest absolute Gasteiger partial charge is 0.340 e. The van der Waals surface area contributed by atoms with E-state index in [1.165, 1.54) is 0 Å². The summed E-state index contributed by atoms with van der Waals surface area (Å²) in [5, 5.41) is 2.91. The van der Waals surface area contributed by atoms with Gasteiger partial charge in [-0.2, -0.15) is 0 Å². The number of aromatic nitrogens is 1. The largest absolute Gasteiger partial charge is 0.462 e. The average molecular weight is 319 g/mol. The first-order chi connectivity index (χ1) is 10.6. The molecule has 0 unspecified atom stereocenters. The van der Waals surface area contributed by atoms with Crippen molar-refractivity contribution in [2.75, 3.05) is 6.61 Å². The maximum absolute atomic E-state index is 12.0. The lowest BCUT2D eigenvalue weighted by Crippen LogP contribution is -2.11. The molecule has 0 atom stereocenters. The van der Waals surface area contributed by atoms with Crippen LogP contribution in [0.25, 0.3) is 11.3 Å². The van der Waals surface area contributed by atoms with E-state index in [2.05, 4.69) is 10.2 Å². The van der Waals surface area contributed by atoms with Crippen LogP contribution in [0, 0.1) is 11.8 Å². The molecule has 0 aliphatic heterocycles. The van der Waals surface area contributed by atoms with Crippen LogP contribution in [0.3, 0.4) is 0 Å². The normalized spacial score (nSPS) is 10.3. The van der Waals surface area contributed by atoms with Crippen molar-refractivity contribution in [2.45, 2.75) is 19.7 Å². The lowest BCUT2D eigenvalue weighted by Gasteiger charge is -2.12. The Labute approximate surface area is 133 Å². The molecule has 1 aromatic heterocycles. The van der Waals surface area contributed by atoms with Crippen LogP contribution in [0.15, 0.2) is 35.5 Å². The van der Waals surface area contributed by atoms with Gasteiger partial charge < -0.3 is 4.74 Å². The molecule has 0 saturated heterocycles. The van der Waals surface area contributed by atoms with Crippen LogP contribution in [0.1, 0.15) is 28.5 Å². The quantitative estimate of drug-likeness (QED) is 0.466. The second-order valence-electron chi connectivity index (χ2n) is 4.62. The number of alkyl halides is 1. The van der Waals surface area contributed by atoms with Crippen molar-refractivity contribution in [3.63, 3.8) is 0 Å². The second kappa shape index (κ2) is 7.13. The third kappa shape index (κ3) is 3.31. The van der Waals surface area contributed by atoms with E-state index >= 15 is 0 Å². The maximum Gasteiger partial charge on any atom is 0.340 e. The van der Waals surface area contributed by atoms with E-state index in [1.54, 1.807) is 38.1 Å². The molecule has 5 nitrogen and oxygen atoms in total. The Balaban J connectivity index is 2.53. The van der Waals surface area contributed by atoms with Gasteiger partial charge >= 0.3 is 5.97 Å². The van der Waals surface area contributed by atoms with Crippen molar-refractivity contribution < 1.29 is 9.53 Å². The van der Waals surface area contributed by atoms with E-state index in [-0.39, 0.29) is 12.5 Å². The van der Waals surface area contributed by atoms with Gasteiger partial charge in [0.1, 0.15) is 5.69 Å². The van der Waals surface area contributed by atoms with Gasteiger partial charge in [-0.05, 0) is 42.8 Å². The Hall–Kier alpha value is -2.27. The Morgan fingerprint density at radius 3 is 2.77 bits per heavy atom. The predicted molar refractivity (Wildman–Crippen MR) is 85.4 cm³/mol. The fraction of sp³-hybridized carbons (Fsp3) is 0.250. The van der Waals surface area contributed by atoms with Crippen molar-refractivity contribution in [1.82, 2.24) is 4.98 Å². The number of halogens is 1. The molecule has 0 radical (unpaired) electrons. The van der Waals surface area contributed by atoms with E-state index in [4.69, 9.17) is 16.3 Å². The molecular formula is C16H15ClN2O3. The summed E-state index contributed by atoms with van der Waals surface area (Å²) in [6.07, 6.45) is 0. The minimum absolute atomic E-state index is 0.163. The maximum atomic E-state index is 12.0. The first kappa shape index (κ1) is 16.1. The Bertz CT molecular complexity index is 717. The molecule has 0 aliphatic carbocycles. The molecule has 114 valence electrons. The van der Waals surface area contributed by atoms with E-state index in [9.17, 15) is 9.70 Å². The summed E-state index contributed by atoms with van der Waals surface area (Å²) < 4.78 is 5.04. The standard InChI is InChI=1S/C16H15ClN2O3/c1-3-22-16(20)15-10(2)18-14(8-12(15)9-17)11-5-4-6-13(7-11)19-21/h4-8H,3,9H2,1-2H3. The molecule has 1 aromatic carbocycles. The molecular weight excluding hydrogens is 304 g/mol. The molecule has 0 amide bonds. The van der Waals surface area contributed by atoms with Gasteiger partial charge in [-0.25, -0.2) is 4.79 Å². The van der Waals surface area contributed by atoms with Crippen LogP contribution in [0.2, 0.25) is 0 Å². The van der Waals surface area contributed by atoms with Crippen LogP contribution in [0.5, 0.6) is 0 Å². The van der Waals surface area contributed by atoms with Crippen molar-refractivity contribution in [2.24, 2.45) is 5.18 Å². The van der Waals surface area contributed by atoms with Crippen molar-refractivity contribution in [3.05, 3.63) is 52.1 Å². The highest BCUT2D eigenvalue weighted by atomic mass is 35.5. The number of pyridine rings is 1. The molecule has 6 heteroatoms. The number of aryl methyl sites for hydroxylation is 1. The molecule has 0 bridgehead atoms. The molecule has 0 fully saturated rings. The van der Waals surface area contributed by atoms with Crippen LogP contribution in [0.4, 0.5) is 5.69 Å². The minimum Gasteiger partial charge on any atom is -0.462 e. The van der Waals surface area contributed by atoms with Crippen LogP contribution >= 0.6 is 11.6 Å². The number of carbonyl (C=O) groups excluding carboxylic acids is 1. The number of ether oxygens (including phenoxy) is 1. The Kier molecular flexibility index (Phi) is 5.22. The number of esters is 1.